The summed E-state index contributed by atoms with van der Waals surface area (Å²) in [6.07, 6.45) is 1.55. The number of carboxylic acid groups (broad SMARTS) is 1. The quantitative estimate of drug-likeness (QED) is 0.879. The second-order valence-corrected chi connectivity index (χ2v) is 7.21. The fraction of sp³-hybridized carbons (Fsp3) is 0.526. The maximum absolute atomic E-state index is 12.8. The molecule has 1 fully saturated rings. The van der Waals surface area contributed by atoms with Crippen LogP contribution in [-0.4, -0.2) is 54.7 Å². The summed E-state index contributed by atoms with van der Waals surface area (Å²) in [5, 5.41) is 13.8. The van der Waals surface area contributed by atoms with Gasteiger partial charge in [0.15, 0.2) is 0 Å². The van der Waals surface area contributed by atoms with E-state index in [0.29, 0.717) is 18.9 Å². The number of aliphatic carboxylic acids is 1. The third-order valence-electron chi connectivity index (χ3n) is 5.05. The number of amides is 1. The Bertz CT molecular complexity index is 869. The lowest BCUT2D eigenvalue weighted by Crippen LogP contribution is -2.43. The van der Waals surface area contributed by atoms with Crippen molar-refractivity contribution in [1.29, 1.82) is 0 Å². The maximum atomic E-state index is 12.8. The van der Waals surface area contributed by atoms with Crippen LogP contribution in [0.2, 0.25) is 0 Å². The Morgan fingerprint density at radius 2 is 1.85 bits per heavy atom. The van der Waals surface area contributed by atoms with Gasteiger partial charge in [-0.2, -0.15) is 5.10 Å². The van der Waals surface area contributed by atoms with Crippen molar-refractivity contribution < 1.29 is 14.7 Å². The van der Waals surface area contributed by atoms with Gasteiger partial charge in [0, 0.05) is 35.7 Å². The molecule has 8 heteroatoms. The Morgan fingerprint density at radius 3 is 2.48 bits per heavy atom. The summed E-state index contributed by atoms with van der Waals surface area (Å²) in [6.45, 7) is 8.47. The van der Waals surface area contributed by atoms with Gasteiger partial charge in [-0.05, 0) is 46.6 Å². The average Bonchev–Trinajstić information content (AvgIpc) is 2.89. The number of aryl methyl sites for hydroxylation is 3. The molecule has 8 nitrogen and oxygen atoms in total. The van der Waals surface area contributed by atoms with Crippen LogP contribution in [0.1, 0.15) is 41.2 Å². The van der Waals surface area contributed by atoms with Crippen LogP contribution in [0.4, 0.5) is 0 Å². The molecule has 0 aliphatic carbocycles. The van der Waals surface area contributed by atoms with Crippen LogP contribution in [0.5, 0.6) is 0 Å². The normalized spacial score (nSPS) is 17.2. The summed E-state index contributed by atoms with van der Waals surface area (Å²) in [5.41, 5.74) is 4.15. The molecule has 0 radical (unpaired) electrons. The van der Waals surface area contributed by atoms with Crippen molar-refractivity contribution >= 4 is 11.9 Å². The molecule has 1 aliphatic heterocycles. The SMILES string of the molecule is Cc1cc(C)nc(-n2nc(C)c(CC(=O)N3CCC[C@H](C(=O)O)C3)c2C)n1. The van der Waals surface area contributed by atoms with Crippen LogP contribution in [0.25, 0.3) is 5.95 Å². The first kappa shape index (κ1) is 19.0. The Hall–Kier alpha value is -2.77. The molecular weight excluding hydrogens is 346 g/mol. The molecule has 0 bridgehead atoms. The molecule has 2 aromatic heterocycles. The van der Waals surface area contributed by atoms with Gasteiger partial charge in [-0.1, -0.05) is 0 Å². The fourth-order valence-corrected chi connectivity index (χ4v) is 3.60. The Labute approximate surface area is 158 Å². The highest BCUT2D eigenvalue weighted by Gasteiger charge is 2.29. The van der Waals surface area contributed by atoms with Gasteiger partial charge in [0.1, 0.15) is 0 Å². The first-order valence-electron chi connectivity index (χ1n) is 9.14. The van der Waals surface area contributed by atoms with Crippen molar-refractivity contribution in [2.75, 3.05) is 13.1 Å². The van der Waals surface area contributed by atoms with Gasteiger partial charge in [0.2, 0.25) is 5.91 Å². The molecule has 0 spiro atoms. The number of carbonyl (C=O) groups is 2. The first-order valence-corrected chi connectivity index (χ1v) is 9.14. The molecule has 0 unspecified atom stereocenters. The topological polar surface area (TPSA) is 101 Å². The van der Waals surface area contributed by atoms with Crippen LogP contribution >= 0.6 is 0 Å². The Morgan fingerprint density at radius 1 is 1.19 bits per heavy atom. The molecule has 1 amide bonds. The van der Waals surface area contributed by atoms with E-state index >= 15 is 0 Å². The Balaban J connectivity index is 1.82. The van der Waals surface area contributed by atoms with E-state index in [2.05, 4.69) is 15.1 Å². The van der Waals surface area contributed by atoms with E-state index in [9.17, 15) is 14.7 Å². The summed E-state index contributed by atoms with van der Waals surface area (Å²) >= 11 is 0. The third-order valence-corrected chi connectivity index (χ3v) is 5.05. The number of hydrogen-bond acceptors (Lipinski definition) is 5. The van der Waals surface area contributed by atoms with Gasteiger partial charge in [-0.3, -0.25) is 9.59 Å². The zero-order chi connectivity index (χ0) is 19.7. The van der Waals surface area contributed by atoms with Crippen LogP contribution < -0.4 is 0 Å². The summed E-state index contributed by atoms with van der Waals surface area (Å²) in [4.78, 5) is 34.5. The number of likely N-dealkylation sites (tertiary alicyclic amines) is 1. The van der Waals surface area contributed by atoms with E-state index in [-0.39, 0.29) is 18.9 Å². The zero-order valence-electron chi connectivity index (χ0n) is 16.2. The lowest BCUT2D eigenvalue weighted by Gasteiger charge is -2.30. The minimum atomic E-state index is -0.834. The summed E-state index contributed by atoms with van der Waals surface area (Å²) in [7, 11) is 0. The summed E-state index contributed by atoms with van der Waals surface area (Å²) < 4.78 is 1.67. The molecule has 27 heavy (non-hydrogen) atoms. The van der Waals surface area contributed by atoms with Crippen molar-refractivity contribution in [3.63, 3.8) is 0 Å². The number of hydrogen-bond donors (Lipinski definition) is 1. The number of rotatable bonds is 4. The highest BCUT2D eigenvalue weighted by molar-refractivity contribution is 5.80. The first-order chi connectivity index (χ1) is 12.8. The van der Waals surface area contributed by atoms with Gasteiger partial charge < -0.3 is 10.0 Å². The molecule has 144 valence electrons. The largest absolute Gasteiger partial charge is 0.481 e. The third kappa shape index (κ3) is 3.99. The predicted molar refractivity (Wildman–Crippen MR) is 98.7 cm³/mol. The highest BCUT2D eigenvalue weighted by Crippen LogP contribution is 2.21. The fourth-order valence-electron chi connectivity index (χ4n) is 3.60. The molecule has 3 rings (SSSR count). The highest BCUT2D eigenvalue weighted by atomic mass is 16.4. The van der Waals surface area contributed by atoms with Crippen LogP contribution in [0.3, 0.4) is 0 Å². The van der Waals surface area contributed by atoms with Crippen molar-refractivity contribution in [2.45, 2.75) is 47.0 Å². The minimum Gasteiger partial charge on any atom is -0.481 e. The van der Waals surface area contributed by atoms with Gasteiger partial charge in [-0.15, -0.1) is 0 Å². The van der Waals surface area contributed by atoms with E-state index in [1.807, 2.05) is 33.8 Å². The minimum absolute atomic E-state index is 0.0620. The molecular formula is C19H25N5O3. The van der Waals surface area contributed by atoms with Gasteiger partial charge in [0.25, 0.3) is 5.95 Å². The van der Waals surface area contributed by atoms with Gasteiger partial charge in [-0.25, -0.2) is 14.6 Å². The van der Waals surface area contributed by atoms with Gasteiger partial charge >= 0.3 is 5.97 Å². The maximum Gasteiger partial charge on any atom is 0.308 e. The monoisotopic (exact) mass is 371 g/mol. The predicted octanol–water partition coefficient (Wildman–Crippen LogP) is 1.76. The second-order valence-electron chi connectivity index (χ2n) is 7.21. The molecule has 1 aliphatic rings. The smallest absolute Gasteiger partial charge is 0.308 e. The standard InChI is InChI=1S/C19H25N5O3/c1-11-8-12(2)21-19(20-11)24-14(4)16(13(3)22-24)9-17(25)23-7-5-6-15(10-23)18(26)27/h8,15H,5-7,9-10H2,1-4H3,(H,26,27)/t15-/m0/s1. The molecule has 1 N–H and O–H groups in total. The van der Waals surface area contributed by atoms with Crippen molar-refractivity contribution in [3.05, 3.63) is 34.4 Å². The number of carbonyl (C=O) groups excluding carboxylic acids is 1. The molecule has 2 aromatic rings. The van der Waals surface area contributed by atoms with E-state index in [1.165, 1.54) is 0 Å². The molecule has 3 heterocycles. The number of carboxylic acids is 1. The lowest BCUT2D eigenvalue weighted by molar-refractivity contribution is -0.145. The van der Waals surface area contributed by atoms with Crippen molar-refractivity contribution in [2.24, 2.45) is 5.92 Å². The zero-order valence-corrected chi connectivity index (χ0v) is 16.2. The van der Waals surface area contributed by atoms with Crippen LogP contribution in [-0.2, 0) is 16.0 Å². The van der Waals surface area contributed by atoms with E-state index in [1.54, 1.807) is 9.58 Å². The summed E-state index contributed by atoms with van der Waals surface area (Å²) in [6, 6.07) is 1.90. The molecule has 1 atom stereocenters. The van der Waals surface area contributed by atoms with Crippen LogP contribution in [0, 0.1) is 33.6 Å². The van der Waals surface area contributed by atoms with E-state index < -0.39 is 11.9 Å². The molecule has 1 saturated heterocycles. The van der Waals surface area contributed by atoms with E-state index in [0.717, 1.165) is 34.8 Å². The van der Waals surface area contributed by atoms with Gasteiger partial charge in [0.05, 0.1) is 18.0 Å². The Kier molecular flexibility index (Phi) is 5.25. The number of piperidine rings is 1. The molecule has 0 saturated carbocycles. The lowest BCUT2D eigenvalue weighted by atomic mass is 9.97. The second kappa shape index (κ2) is 7.46. The summed E-state index contributed by atoms with van der Waals surface area (Å²) in [5.74, 6) is -0.875. The van der Waals surface area contributed by atoms with Crippen molar-refractivity contribution in [1.82, 2.24) is 24.6 Å². The average molecular weight is 371 g/mol. The molecule has 0 aromatic carbocycles. The van der Waals surface area contributed by atoms with Crippen molar-refractivity contribution in [3.8, 4) is 5.95 Å². The van der Waals surface area contributed by atoms with E-state index in [4.69, 9.17) is 0 Å². The number of aromatic nitrogens is 4. The number of nitrogens with zero attached hydrogens (tertiary/aromatic N) is 5. The van der Waals surface area contributed by atoms with Crippen LogP contribution in [0.15, 0.2) is 6.07 Å².